The van der Waals surface area contributed by atoms with Gasteiger partial charge in [-0.3, -0.25) is 0 Å². The fourth-order valence-electron chi connectivity index (χ4n) is 0.430. The smallest absolute Gasteiger partial charge is 0.221 e. The molecule has 0 aliphatic rings. The standard InChI is InChI=1S/C4H6N2O2S3/c1-9-3-5-6-4(10-3)11(2,7)8/h1-2H3. The molecule has 0 bridgehead atoms. The van der Waals surface area contributed by atoms with Crippen LogP contribution in [0.4, 0.5) is 0 Å². The Morgan fingerprint density at radius 3 is 2.36 bits per heavy atom. The van der Waals surface area contributed by atoms with E-state index in [2.05, 4.69) is 10.2 Å². The Morgan fingerprint density at radius 1 is 1.45 bits per heavy atom. The number of hydrogen-bond donors (Lipinski definition) is 0. The highest BCUT2D eigenvalue weighted by atomic mass is 32.2. The Hall–Kier alpha value is -0.140. The molecule has 0 fully saturated rings. The van der Waals surface area contributed by atoms with E-state index in [1.807, 2.05) is 6.26 Å². The number of rotatable bonds is 2. The molecule has 11 heavy (non-hydrogen) atoms. The first kappa shape index (κ1) is 8.95. The lowest BCUT2D eigenvalue weighted by Crippen LogP contribution is -1.95. The average molecular weight is 210 g/mol. The molecule has 0 N–H and O–H groups in total. The molecule has 4 nitrogen and oxygen atoms in total. The van der Waals surface area contributed by atoms with Crippen LogP contribution in [0.25, 0.3) is 0 Å². The largest absolute Gasteiger partial charge is 0.233 e. The van der Waals surface area contributed by atoms with E-state index < -0.39 is 9.84 Å². The molecular weight excluding hydrogens is 204 g/mol. The molecule has 7 heteroatoms. The van der Waals surface area contributed by atoms with Crippen LogP contribution in [0.5, 0.6) is 0 Å². The molecule has 0 atom stereocenters. The molecular formula is C4H6N2O2S3. The molecule has 1 aromatic rings. The number of hydrogen-bond acceptors (Lipinski definition) is 6. The number of thioether (sulfide) groups is 1. The molecule has 0 aliphatic carbocycles. The van der Waals surface area contributed by atoms with Crippen molar-refractivity contribution in [1.82, 2.24) is 10.2 Å². The summed E-state index contributed by atoms with van der Waals surface area (Å²) >= 11 is 2.48. The lowest BCUT2D eigenvalue weighted by molar-refractivity contribution is 0.599. The summed E-state index contributed by atoms with van der Waals surface area (Å²) in [6.07, 6.45) is 2.95. The van der Waals surface area contributed by atoms with Gasteiger partial charge in [-0.2, -0.15) is 0 Å². The second kappa shape index (κ2) is 3.08. The molecule has 0 radical (unpaired) electrons. The first-order valence-corrected chi connectivity index (χ1v) is 6.55. The highest BCUT2D eigenvalue weighted by Gasteiger charge is 2.13. The maximum absolute atomic E-state index is 10.9. The Labute approximate surface area is 73.0 Å². The van der Waals surface area contributed by atoms with Gasteiger partial charge < -0.3 is 0 Å². The van der Waals surface area contributed by atoms with Gasteiger partial charge in [0.15, 0.2) is 4.34 Å². The Balaban J connectivity index is 3.09. The summed E-state index contributed by atoms with van der Waals surface area (Å²) in [6.45, 7) is 0. The SMILES string of the molecule is CSc1nnc(S(C)(=O)=O)s1. The lowest BCUT2D eigenvalue weighted by atomic mass is 11.5. The minimum Gasteiger partial charge on any atom is -0.221 e. The van der Waals surface area contributed by atoms with E-state index in [1.54, 1.807) is 0 Å². The van der Waals surface area contributed by atoms with Gasteiger partial charge in [0, 0.05) is 6.26 Å². The maximum atomic E-state index is 10.9. The minimum atomic E-state index is -3.16. The molecule has 0 amide bonds. The van der Waals surface area contributed by atoms with Crippen molar-refractivity contribution in [1.29, 1.82) is 0 Å². The van der Waals surface area contributed by atoms with Crippen LogP contribution in [0.3, 0.4) is 0 Å². The summed E-state index contributed by atoms with van der Waals surface area (Å²) in [4.78, 5) is 0. The number of nitrogens with zero attached hydrogens (tertiary/aromatic N) is 2. The van der Waals surface area contributed by atoms with Crippen molar-refractivity contribution >= 4 is 32.9 Å². The Morgan fingerprint density at radius 2 is 2.09 bits per heavy atom. The fraction of sp³-hybridized carbons (Fsp3) is 0.500. The third kappa shape index (κ3) is 2.14. The van der Waals surface area contributed by atoms with Crippen LogP contribution in [0.15, 0.2) is 8.68 Å². The molecule has 0 saturated heterocycles. The van der Waals surface area contributed by atoms with Crippen LogP contribution in [0.1, 0.15) is 0 Å². The van der Waals surface area contributed by atoms with Gasteiger partial charge in [0.25, 0.3) is 0 Å². The summed E-state index contributed by atoms with van der Waals surface area (Å²) in [5.74, 6) is 0. The van der Waals surface area contributed by atoms with Crippen molar-refractivity contribution in [3.05, 3.63) is 0 Å². The normalized spacial score (nSPS) is 11.8. The lowest BCUT2D eigenvalue weighted by Gasteiger charge is -1.84. The van der Waals surface area contributed by atoms with Crippen molar-refractivity contribution in [3.8, 4) is 0 Å². The van der Waals surface area contributed by atoms with Crippen LogP contribution in [-0.4, -0.2) is 31.1 Å². The van der Waals surface area contributed by atoms with Crippen molar-refractivity contribution in [3.63, 3.8) is 0 Å². The van der Waals surface area contributed by atoms with Crippen LogP contribution in [0, 0.1) is 0 Å². The predicted molar refractivity (Wildman–Crippen MR) is 44.8 cm³/mol. The molecule has 0 aliphatic heterocycles. The molecule has 1 heterocycles. The predicted octanol–water partition coefficient (Wildman–Crippen LogP) is 0.664. The van der Waals surface area contributed by atoms with E-state index in [1.165, 1.54) is 11.8 Å². The Kier molecular flexibility index (Phi) is 2.50. The molecule has 1 aromatic heterocycles. The quantitative estimate of drug-likeness (QED) is 0.671. The highest BCUT2D eigenvalue weighted by Crippen LogP contribution is 2.22. The van der Waals surface area contributed by atoms with Gasteiger partial charge >= 0.3 is 0 Å². The van der Waals surface area contributed by atoms with Gasteiger partial charge in [-0.15, -0.1) is 10.2 Å². The second-order valence-electron chi connectivity index (χ2n) is 1.81. The maximum Gasteiger partial charge on any atom is 0.233 e. The van der Waals surface area contributed by atoms with Crippen molar-refractivity contribution in [2.75, 3.05) is 12.5 Å². The van der Waals surface area contributed by atoms with Crippen molar-refractivity contribution in [2.45, 2.75) is 8.68 Å². The van der Waals surface area contributed by atoms with Crippen LogP contribution < -0.4 is 0 Å². The van der Waals surface area contributed by atoms with Gasteiger partial charge in [-0.1, -0.05) is 23.1 Å². The molecule has 0 aromatic carbocycles. The summed E-state index contributed by atoms with van der Waals surface area (Å²) in [5.41, 5.74) is 0. The fourth-order valence-corrected chi connectivity index (χ4v) is 2.62. The van der Waals surface area contributed by atoms with Crippen LogP contribution >= 0.6 is 23.1 Å². The third-order valence-electron chi connectivity index (χ3n) is 0.880. The van der Waals surface area contributed by atoms with E-state index in [0.717, 1.165) is 17.6 Å². The second-order valence-corrected chi connectivity index (χ2v) is 6.03. The van der Waals surface area contributed by atoms with E-state index >= 15 is 0 Å². The van der Waals surface area contributed by atoms with Crippen LogP contribution in [0.2, 0.25) is 0 Å². The Bertz CT molecular complexity index is 342. The van der Waals surface area contributed by atoms with Crippen LogP contribution in [-0.2, 0) is 9.84 Å². The average Bonchev–Trinajstić information content (AvgIpc) is 2.32. The topological polar surface area (TPSA) is 59.9 Å². The zero-order chi connectivity index (χ0) is 8.48. The molecule has 0 spiro atoms. The first-order valence-electron chi connectivity index (χ1n) is 2.61. The first-order chi connectivity index (χ1) is 5.04. The summed E-state index contributed by atoms with van der Waals surface area (Å²) in [7, 11) is -3.16. The van der Waals surface area contributed by atoms with Gasteiger partial charge in [0.1, 0.15) is 0 Å². The van der Waals surface area contributed by atoms with Gasteiger partial charge in [0.05, 0.1) is 0 Å². The number of sulfone groups is 1. The van der Waals surface area contributed by atoms with Gasteiger partial charge in [-0.25, -0.2) is 8.42 Å². The summed E-state index contributed by atoms with van der Waals surface area (Å²) in [5, 5.41) is 7.17. The monoisotopic (exact) mass is 210 g/mol. The third-order valence-corrected chi connectivity index (χ3v) is 4.45. The number of aromatic nitrogens is 2. The van der Waals surface area contributed by atoms with E-state index in [4.69, 9.17) is 0 Å². The van der Waals surface area contributed by atoms with Gasteiger partial charge in [0.2, 0.25) is 14.2 Å². The van der Waals surface area contributed by atoms with E-state index in [-0.39, 0.29) is 4.34 Å². The highest BCUT2D eigenvalue weighted by molar-refractivity contribution is 8.00. The zero-order valence-electron chi connectivity index (χ0n) is 5.94. The zero-order valence-corrected chi connectivity index (χ0v) is 8.39. The van der Waals surface area contributed by atoms with E-state index in [9.17, 15) is 8.42 Å². The molecule has 0 unspecified atom stereocenters. The summed E-state index contributed by atoms with van der Waals surface area (Å²) in [6, 6.07) is 0. The molecule has 0 saturated carbocycles. The van der Waals surface area contributed by atoms with Crippen molar-refractivity contribution in [2.24, 2.45) is 0 Å². The minimum absolute atomic E-state index is 0.0850. The summed E-state index contributed by atoms with van der Waals surface area (Å²) < 4.78 is 22.5. The molecule has 62 valence electrons. The van der Waals surface area contributed by atoms with E-state index in [0.29, 0.717) is 4.34 Å². The molecule has 1 rings (SSSR count). The van der Waals surface area contributed by atoms with Crippen molar-refractivity contribution < 1.29 is 8.42 Å². The van der Waals surface area contributed by atoms with Gasteiger partial charge in [-0.05, 0) is 6.26 Å².